The Morgan fingerprint density at radius 3 is 2.43 bits per heavy atom. The lowest BCUT2D eigenvalue weighted by atomic mass is 9.90. The van der Waals surface area contributed by atoms with Gasteiger partial charge < -0.3 is 9.63 Å². The predicted octanol–water partition coefficient (Wildman–Crippen LogP) is 6.44. The third-order valence-electron chi connectivity index (χ3n) is 7.77. The van der Waals surface area contributed by atoms with Crippen LogP contribution in [0.3, 0.4) is 0 Å². The molecule has 1 aromatic carbocycles. The summed E-state index contributed by atoms with van der Waals surface area (Å²) >= 11 is 0.619. The van der Waals surface area contributed by atoms with Crippen molar-refractivity contribution in [1.82, 2.24) is 24.7 Å². The van der Waals surface area contributed by atoms with Gasteiger partial charge in [0.1, 0.15) is 10.9 Å². The molecular formula is C27H29F8N5O5S2. The molecule has 4 rings (SSSR count). The SMILES string of the molecule is CCC(NS(=O)(=O)c1ccc(-c2sc(-c3noc(CC(C)(C)C(=O)O)n3)nc2CN2CCC(F)(F)[C@@H]2C)c(C(F)F)c1F)C(F)(F)F. The van der Waals surface area contributed by atoms with E-state index in [1.807, 2.05) is 0 Å². The number of nitrogens with zero attached hydrogens (tertiary/aromatic N) is 4. The van der Waals surface area contributed by atoms with Gasteiger partial charge in [0.2, 0.25) is 21.7 Å². The molecule has 3 heterocycles. The van der Waals surface area contributed by atoms with Crippen molar-refractivity contribution in [2.45, 2.75) is 89.0 Å². The van der Waals surface area contributed by atoms with Gasteiger partial charge in [0, 0.05) is 31.5 Å². The van der Waals surface area contributed by atoms with E-state index in [4.69, 9.17) is 4.52 Å². The molecule has 10 nitrogen and oxygen atoms in total. The molecule has 47 heavy (non-hydrogen) atoms. The number of halogens is 8. The van der Waals surface area contributed by atoms with Crippen LogP contribution in [-0.4, -0.2) is 70.2 Å². The van der Waals surface area contributed by atoms with Crippen molar-refractivity contribution in [2.24, 2.45) is 5.41 Å². The maximum absolute atomic E-state index is 15.7. The van der Waals surface area contributed by atoms with Crippen LogP contribution in [0.4, 0.5) is 35.1 Å². The second-order valence-electron chi connectivity index (χ2n) is 11.6. The number of carboxylic acids is 1. The Morgan fingerprint density at radius 1 is 1.23 bits per heavy atom. The van der Waals surface area contributed by atoms with Crippen LogP contribution >= 0.6 is 11.3 Å². The van der Waals surface area contributed by atoms with Crippen molar-refractivity contribution in [2.75, 3.05) is 6.54 Å². The van der Waals surface area contributed by atoms with Gasteiger partial charge >= 0.3 is 12.1 Å². The van der Waals surface area contributed by atoms with Crippen LogP contribution in [0.25, 0.3) is 21.3 Å². The van der Waals surface area contributed by atoms with Crippen LogP contribution in [0, 0.1) is 11.2 Å². The Labute approximate surface area is 267 Å². The number of carboxylic acid groups (broad SMARTS) is 1. The molecule has 260 valence electrons. The summed E-state index contributed by atoms with van der Waals surface area (Å²) in [4.78, 5) is 19.6. The summed E-state index contributed by atoms with van der Waals surface area (Å²) in [7, 11) is -5.30. The molecule has 2 aromatic heterocycles. The Morgan fingerprint density at radius 2 is 1.89 bits per heavy atom. The minimum atomic E-state index is -5.30. The number of benzene rings is 1. The number of hydrogen-bond donors (Lipinski definition) is 2. The molecule has 0 aliphatic carbocycles. The third-order valence-corrected chi connectivity index (χ3v) is 10.4. The first kappa shape index (κ1) is 36.6. The number of alkyl halides is 7. The van der Waals surface area contributed by atoms with Gasteiger partial charge in [-0.2, -0.15) is 22.9 Å². The van der Waals surface area contributed by atoms with Gasteiger partial charge in [0.25, 0.3) is 12.3 Å². The van der Waals surface area contributed by atoms with E-state index in [9.17, 15) is 49.1 Å². The Bertz CT molecular complexity index is 1740. The molecule has 3 aromatic rings. The zero-order valence-corrected chi connectivity index (χ0v) is 26.8. The topological polar surface area (TPSA) is 139 Å². The fraction of sp³-hybridized carbons (Fsp3) is 0.556. The molecule has 20 heteroatoms. The first-order chi connectivity index (χ1) is 21.6. The zero-order valence-electron chi connectivity index (χ0n) is 25.1. The van der Waals surface area contributed by atoms with Crippen LogP contribution in [0.5, 0.6) is 0 Å². The predicted molar refractivity (Wildman–Crippen MR) is 151 cm³/mol. The number of sulfonamides is 1. The number of aliphatic carboxylic acids is 1. The molecule has 2 N–H and O–H groups in total. The standard InChI is InChI=1S/C27H29F8N5O5S2/c1-5-16(27(33,34)35)39-47(43,44)15-7-6-13(18(19(15)28)21(29)30)20-14(11-40-9-8-26(31,32)12(40)2)36-23(46-20)22-37-17(45-38-22)10-25(3,4)24(41)42/h6-7,12,16,21,39H,5,8-11H2,1-4H3,(H,41,42)/t12-,16?/m0/s1. The highest BCUT2D eigenvalue weighted by Crippen LogP contribution is 2.44. The lowest BCUT2D eigenvalue weighted by molar-refractivity contribution is -0.151. The van der Waals surface area contributed by atoms with E-state index >= 15 is 4.39 Å². The molecule has 0 saturated carbocycles. The van der Waals surface area contributed by atoms with Gasteiger partial charge in [-0.1, -0.05) is 18.1 Å². The van der Waals surface area contributed by atoms with Crippen LogP contribution in [0.2, 0.25) is 0 Å². The molecular weight excluding hydrogens is 690 g/mol. The highest BCUT2D eigenvalue weighted by Gasteiger charge is 2.46. The highest BCUT2D eigenvalue weighted by atomic mass is 32.2. The van der Waals surface area contributed by atoms with E-state index in [1.165, 1.54) is 30.4 Å². The maximum atomic E-state index is 15.7. The summed E-state index contributed by atoms with van der Waals surface area (Å²) < 4.78 is 145. The summed E-state index contributed by atoms with van der Waals surface area (Å²) in [5.41, 5.74) is -3.49. The quantitative estimate of drug-likeness (QED) is 0.203. The monoisotopic (exact) mass is 719 g/mol. The van der Waals surface area contributed by atoms with E-state index in [1.54, 1.807) is 0 Å². The Balaban J connectivity index is 1.84. The average molecular weight is 720 g/mol. The molecule has 0 radical (unpaired) electrons. The zero-order chi connectivity index (χ0) is 35.3. The normalized spacial score (nSPS) is 18.3. The Kier molecular flexibility index (Phi) is 10.1. The first-order valence-electron chi connectivity index (χ1n) is 14.0. The number of thiazole rings is 1. The van der Waals surface area contributed by atoms with Crippen molar-refractivity contribution in [3.8, 4) is 21.3 Å². The van der Waals surface area contributed by atoms with Crippen LogP contribution in [0.15, 0.2) is 21.6 Å². The highest BCUT2D eigenvalue weighted by molar-refractivity contribution is 7.89. The van der Waals surface area contributed by atoms with Gasteiger partial charge in [-0.05, 0) is 33.3 Å². The lowest BCUT2D eigenvalue weighted by Gasteiger charge is -2.24. The maximum Gasteiger partial charge on any atom is 0.404 e. The fourth-order valence-corrected chi connectivity index (χ4v) is 7.26. The number of aromatic nitrogens is 3. The van der Waals surface area contributed by atoms with Gasteiger partial charge in [-0.15, -0.1) is 11.3 Å². The van der Waals surface area contributed by atoms with E-state index in [0.29, 0.717) is 17.4 Å². The molecule has 1 unspecified atom stereocenters. The number of rotatable bonds is 12. The largest absolute Gasteiger partial charge is 0.481 e. The van der Waals surface area contributed by atoms with Gasteiger partial charge in [0.05, 0.1) is 27.6 Å². The average Bonchev–Trinajstić information content (AvgIpc) is 3.64. The molecule has 0 spiro atoms. The van der Waals surface area contributed by atoms with Crippen molar-refractivity contribution in [3.05, 3.63) is 35.1 Å². The first-order valence-corrected chi connectivity index (χ1v) is 16.3. The van der Waals surface area contributed by atoms with Crippen molar-refractivity contribution in [3.63, 3.8) is 0 Å². The second-order valence-corrected chi connectivity index (χ2v) is 14.3. The molecule has 1 saturated heterocycles. The van der Waals surface area contributed by atoms with E-state index in [0.717, 1.165) is 13.0 Å². The van der Waals surface area contributed by atoms with Crippen molar-refractivity contribution >= 4 is 27.3 Å². The van der Waals surface area contributed by atoms with Crippen LogP contribution in [0.1, 0.15) is 64.1 Å². The molecule has 0 amide bonds. The molecule has 1 fully saturated rings. The van der Waals surface area contributed by atoms with E-state index < -0.39 is 86.7 Å². The number of nitrogens with one attached hydrogen (secondary N) is 1. The molecule has 2 atom stereocenters. The van der Waals surface area contributed by atoms with Crippen LogP contribution in [-0.2, 0) is 27.8 Å². The minimum absolute atomic E-state index is 0.105. The number of hydrogen-bond acceptors (Lipinski definition) is 9. The van der Waals surface area contributed by atoms with Crippen LogP contribution < -0.4 is 4.72 Å². The smallest absolute Gasteiger partial charge is 0.404 e. The van der Waals surface area contributed by atoms with Crippen molar-refractivity contribution in [1.29, 1.82) is 0 Å². The molecule has 1 aliphatic heterocycles. The molecule has 1 aliphatic rings. The second kappa shape index (κ2) is 13.0. The summed E-state index contributed by atoms with van der Waals surface area (Å²) in [6.07, 6.45) is -10.2. The fourth-order valence-electron chi connectivity index (χ4n) is 4.83. The van der Waals surface area contributed by atoms with Gasteiger partial charge in [-0.25, -0.2) is 35.4 Å². The molecule has 0 bridgehead atoms. The number of carbonyl (C=O) groups is 1. The van der Waals surface area contributed by atoms with Gasteiger partial charge in [0.15, 0.2) is 10.8 Å². The summed E-state index contributed by atoms with van der Waals surface area (Å²) in [6.45, 7) is 4.60. The van der Waals surface area contributed by atoms with E-state index in [-0.39, 0.29) is 46.8 Å². The Hall–Kier alpha value is -3.23. The van der Waals surface area contributed by atoms with Gasteiger partial charge in [-0.3, -0.25) is 9.69 Å². The summed E-state index contributed by atoms with van der Waals surface area (Å²) in [5, 5.41) is 13.1. The lowest BCUT2D eigenvalue weighted by Crippen LogP contribution is -2.45. The minimum Gasteiger partial charge on any atom is -0.481 e. The number of likely N-dealkylation sites (tertiary alicyclic amines) is 1. The third kappa shape index (κ3) is 7.59. The summed E-state index contributed by atoms with van der Waals surface area (Å²) in [5.74, 6) is -6.61. The van der Waals surface area contributed by atoms with Crippen molar-refractivity contribution < 1.29 is 58.0 Å². The van der Waals surface area contributed by atoms with E-state index in [2.05, 4.69) is 15.1 Å². The summed E-state index contributed by atoms with van der Waals surface area (Å²) in [6, 6.07) is -2.63.